The maximum atomic E-state index is 11.7. The lowest BCUT2D eigenvalue weighted by atomic mass is 10.3. The number of hydrogen-bond acceptors (Lipinski definition) is 5. The predicted molar refractivity (Wildman–Crippen MR) is 62.3 cm³/mol. The van der Waals surface area contributed by atoms with Crippen molar-refractivity contribution < 1.29 is 13.2 Å². The van der Waals surface area contributed by atoms with Gasteiger partial charge in [-0.2, -0.15) is 0 Å². The van der Waals surface area contributed by atoms with Crippen LogP contribution in [0.15, 0.2) is 23.2 Å². The van der Waals surface area contributed by atoms with Crippen LogP contribution in [0.2, 0.25) is 0 Å². The van der Waals surface area contributed by atoms with Crippen LogP contribution in [0.4, 0.5) is 5.82 Å². The van der Waals surface area contributed by atoms with E-state index in [0.29, 0.717) is 6.42 Å². The summed E-state index contributed by atoms with van der Waals surface area (Å²) in [6.07, 6.45) is 1.81. The van der Waals surface area contributed by atoms with Crippen molar-refractivity contribution in [2.45, 2.75) is 17.7 Å². The Morgan fingerprint density at radius 1 is 1.47 bits per heavy atom. The van der Waals surface area contributed by atoms with E-state index in [1.54, 1.807) is 0 Å². The van der Waals surface area contributed by atoms with Crippen molar-refractivity contribution in [1.82, 2.24) is 9.71 Å². The molecule has 0 aliphatic rings. The van der Waals surface area contributed by atoms with Gasteiger partial charge in [0.2, 0.25) is 15.9 Å². The largest absolute Gasteiger partial charge is 0.384 e. The van der Waals surface area contributed by atoms with Gasteiger partial charge in [-0.15, -0.1) is 0 Å². The lowest BCUT2D eigenvalue weighted by Crippen LogP contribution is -2.26. The molecular weight excluding hydrogens is 244 g/mol. The predicted octanol–water partition coefficient (Wildman–Crippen LogP) is -0.792. The zero-order chi connectivity index (χ0) is 12.9. The quantitative estimate of drug-likeness (QED) is 0.576. The van der Waals surface area contributed by atoms with Crippen LogP contribution in [0.3, 0.4) is 0 Å². The molecule has 8 heteroatoms. The minimum Gasteiger partial charge on any atom is -0.384 e. The van der Waals surface area contributed by atoms with Crippen LogP contribution in [-0.2, 0) is 14.8 Å². The second-order valence-corrected chi connectivity index (χ2v) is 5.15. The van der Waals surface area contributed by atoms with E-state index >= 15 is 0 Å². The summed E-state index contributed by atoms with van der Waals surface area (Å²) in [5.41, 5.74) is 10.3. The third-order valence-corrected chi connectivity index (χ3v) is 3.41. The van der Waals surface area contributed by atoms with Gasteiger partial charge in [-0.3, -0.25) is 4.79 Å². The third kappa shape index (κ3) is 4.37. The number of nitrogens with one attached hydrogen (secondary N) is 1. The maximum absolute atomic E-state index is 11.7. The first-order valence-electron chi connectivity index (χ1n) is 4.91. The standard InChI is InChI=1S/C9H14N4O3S/c10-8-6-7(3-5-12-8)17(15,16)13-4-1-2-9(11)14/h3,5-6,13H,1-2,4H2,(H2,10,12)(H2,11,14). The molecular formula is C9H14N4O3S. The Labute approximate surface area is 99.3 Å². The van der Waals surface area contributed by atoms with E-state index < -0.39 is 15.9 Å². The summed E-state index contributed by atoms with van der Waals surface area (Å²) in [4.78, 5) is 14.2. The molecule has 1 heterocycles. The van der Waals surface area contributed by atoms with Crippen LogP contribution in [0.25, 0.3) is 0 Å². The Morgan fingerprint density at radius 2 is 2.18 bits per heavy atom. The summed E-state index contributed by atoms with van der Waals surface area (Å²) in [7, 11) is -3.60. The molecule has 0 fully saturated rings. The number of nitrogens with two attached hydrogens (primary N) is 2. The van der Waals surface area contributed by atoms with Gasteiger partial charge in [0.05, 0.1) is 4.90 Å². The smallest absolute Gasteiger partial charge is 0.240 e. The number of anilines is 1. The first-order valence-corrected chi connectivity index (χ1v) is 6.39. The molecule has 0 aliphatic heterocycles. The molecule has 0 atom stereocenters. The second-order valence-electron chi connectivity index (χ2n) is 3.38. The summed E-state index contributed by atoms with van der Waals surface area (Å²) in [6.45, 7) is 0.146. The van der Waals surface area contributed by atoms with Crippen LogP contribution >= 0.6 is 0 Å². The Balaban J connectivity index is 2.60. The van der Waals surface area contributed by atoms with E-state index in [1.165, 1.54) is 18.3 Å². The molecule has 1 amide bonds. The molecule has 94 valence electrons. The number of nitrogens with zero attached hydrogens (tertiary/aromatic N) is 1. The third-order valence-electron chi connectivity index (χ3n) is 1.95. The number of nitrogen functional groups attached to an aromatic ring is 1. The van der Waals surface area contributed by atoms with Gasteiger partial charge in [-0.25, -0.2) is 18.1 Å². The number of amides is 1. The summed E-state index contributed by atoms with van der Waals surface area (Å²) >= 11 is 0. The molecule has 5 N–H and O–H groups in total. The molecule has 0 radical (unpaired) electrons. The van der Waals surface area contributed by atoms with E-state index in [1.807, 2.05) is 0 Å². The minimum absolute atomic E-state index is 0.0454. The number of rotatable bonds is 6. The van der Waals surface area contributed by atoms with Gasteiger partial charge in [-0.05, 0) is 12.5 Å². The van der Waals surface area contributed by atoms with Crippen molar-refractivity contribution in [3.8, 4) is 0 Å². The normalized spacial score (nSPS) is 11.3. The van der Waals surface area contributed by atoms with Gasteiger partial charge in [0, 0.05) is 25.2 Å². The van der Waals surface area contributed by atoms with E-state index in [-0.39, 0.29) is 23.7 Å². The van der Waals surface area contributed by atoms with Gasteiger partial charge in [0.1, 0.15) is 5.82 Å². The number of pyridine rings is 1. The molecule has 1 aromatic rings. The average molecular weight is 258 g/mol. The van der Waals surface area contributed by atoms with Gasteiger partial charge < -0.3 is 11.5 Å². The molecule has 0 aliphatic carbocycles. The van der Waals surface area contributed by atoms with E-state index in [9.17, 15) is 13.2 Å². The van der Waals surface area contributed by atoms with Crippen molar-refractivity contribution in [2.75, 3.05) is 12.3 Å². The molecule has 0 spiro atoms. The van der Waals surface area contributed by atoms with Gasteiger partial charge in [0.15, 0.2) is 0 Å². The monoisotopic (exact) mass is 258 g/mol. The fourth-order valence-electron chi connectivity index (χ4n) is 1.15. The minimum atomic E-state index is -3.60. The van der Waals surface area contributed by atoms with Crippen molar-refractivity contribution in [3.05, 3.63) is 18.3 Å². The highest BCUT2D eigenvalue weighted by Gasteiger charge is 2.13. The molecule has 0 unspecified atom stereocenters. The van der Waals surface area contributed by atoms with E-state index in [2.05, 4.69) is 9.71 Å². The molecule has 17 heavy (non-hydrogen) atoms. The number of primary amides is 1. The summed E-state index contributed by atoms with van der Waals surface area (Å²) in [6, 6.07) is 2.60. The topological polar surface area (TPSA) is 128 Å². The Hall–Kier alpha value is -1.67. The first-order chi connectivity index (χ1) is 7.92. The van der Waals surface area contributed by atoms with Crippen LogP contribution < -0.4 is 16.2 Å². The molecule has 0 bridgehead atoms. The van der Waals surface area contributed by atoms with Crippen molar-refractivity contribution >= 4 is 21.7 Å². The SMILES string of the molecule is NC(=O)CCCNS(=O)(=O)c1ccnc(N)c1. The Morgan fingerprint density at radius 3 is 2.76 bits per heavy atom. The summed E-state index contributed by atoms with van der Waals surface area (Å²) < 4.78 is 25.8. The number of hydrogen-bond donors (Lipinski definition) is 3. The Kier molecular flexibility index (Phi) is 4.41. The van der Waals surface area contributed by atoms with Crippen LogP contribution in [0, 0.1) is 0 Å². The lowest BCUT2D eigenvalue weighted by Gasteiger charge is -2.06. The summed E-state index contributed by atoms with van der Waals surface area (Å²) in [5, 5.41) is 0. The van der Waals surface area contributed by atoms with Crippen molar-refractivity contribution in [1.29, 1.82) is 0 Å². The summed E-state index contributed by atoms with van der Waals surface area (Å²) in [5.74, 6) is -0.331. The van der Waals surface area contributed by atoms with E-state index in [4.69, 9.17) is 11.5 Å². The Bertz CT molecular complexity index is 501. The highest BCUT2D eigenvalue weighted by Crippen LogP contribution is 2.09. The molecule has 0 aromatic carbocycles. The average Bonchev–Trinajstić information content (AvgIpc) is 2.24. The number of carbonyl (C=O) groups excluding carboxylic acids is 1. The second kappa shape index (κ2) is 5.60. The van der Waals surface area contributed by atoms with Crippen LogP contribution in [-0.4, -0.2) is 25.9 Å². The fourth-order valence-corrected chi connectivity index (χ4v) is 2.24. The molecule has 1 rings (SSSR count). The fraction of sp³-hybridized carbons (Fsp3) is 0.333. The van der Waals surface area contributed by atoms with Crippen LogP contribution in [0.1, 0.15) is 12.8 Å². The zero-order valence-electron chi connectivity index (χ0n) is 9.09. The molecule has 0 saturated carbocycles. The van der Waals surface area contributed by atoms with Gasteiger partial charge in [0.25, 0.3) is 0 Å². The zero-order valence-corrected chi connectivity index (χ0v) is 9.90. The lowest BCUT2D eigenvalue weighted by molar-refractivity contribution is -0.118. The van der Waals surface area contributed by atoms with Gasteiger partial charge >= 0.3 is 0 Å². The molecule has 1 aromatic heterocycles. The van der Waals surface area contributed by atoms with Crippen molar-refractivity contribution in [3.63, 3.8) is 0 Å². The maximum Gasteiger partial charge on any atom is 0.240 e. The van der Waals surface area contributed by atoms with E-state index in [0.717, 1.165) is 0 Å². The highest BCUT2D eigenvalue weighted by molar-refractivity contribution is 7.89. The molecule has 0 saturated heterocycles. The van der Waals surface area contributed by atoms with Crippen molar-refractivity contribution in [2.24, 2.45) is 5.73 Å². The van der Waals surface area contributed by atoms with Gasteiger partial charge in [-0.1, -0.05) is 0 Å². The van der Waals surface area contributed by atoms with Crippen LogP contribution in [0.5, 0.6) is 0 Å². The number of sulfonamides is 1. The highest BCUT2D eigenvalue weighted by atomic mass is 32.2. The first kappa shape index (κ1) is 13.4. The number of carbonyl (C=O) groups is 1. The number of aromatic nitrogens is 1. The molecule has 7 nitrogen and oxygen atoms in total.